The molecule has 1 aliphatic rings. The summed E-state index contributed by atoms with van der Waals surface area (Å²) in [6, 6.07) is 47.9. The van der Waals surface area contributed by atoms with Crippen LogP contribution in [0.1, 0.15) is 82.5 Å². The molecule has 0 aromatic heterocycles. The Kier molecular flexibility index (Phi) is 10.7. The summed E-state index contributed by atoms with van der Waals surface area (Å²) in [5, 5.41) is 6.13. The average Bonchev–Trinajstić information content (AvgIpc) is 3.50. The highest BCUT2D eigenvalue weighted by molar-refractivity contribution is 6.05. The third-order valence-corrected chi connectivity index (χ3v) is 9.87. The Morgan fingerprint density at radius 3 is 1.25 bits per heavy atom. The van der Waals surface area contributed by atoms with E-state index >= 15 is 0 Å². The van der Waals surface area contributed by atoms with Crippen LogP contribution in [0.3, 0.4) is 0 Å². The van der Waals surface area contributed by atoms with Crippen LogP contribution in [0.5, 0.6) is 11.5 Å². The fourth-order valence-electron chi connectivity index (χ4n) is 7.11. The Bertz CT molecular complexity index is 2020. The first-order chi connectivity index (χ1) is 26.0. The van der Waals surface area contributed by atoms with Crippen molar-refractivity contribution in [2.45, 2.75) is 44.9 Å². The fraction of sp³-hybridized carbons (Fsp3) is 0.191. The van der Waals surface area contributed by atoms with E-state index in [-0.39, 0.29) is 11.8 Å². The number of fused-ring (bicyclic) bond motifs is 3. The quantitative estimate of drug-likeness (QED) is 0.111. The molecule has 0 aliphatic heterocycles. The summed E-state index contributed by atoms with van der Waals surface area (Å²) in [4.78, 5) is 26.4. The molecule has 1 aliphatic carbocycles. The van der Waals surface area contributed by atoms with Crippen LogP contribution in [0.2, 0.25) is 0 Å². The molecule has 0 radical (unpaired) electrons. The number of nitrogens with one attached hydrogen (secondary N) is 2. The van der Waals surface area contributed by atoms with Gasteiger partial charge in [0.2, 0.25) is 0 Å². The van der Waals surface area contributed by atoms with Gasteiger partial charge in [0.05, 0.1) is 18.6 Å². The van der Waals surface area contributed by atoms with Crippen molar-refractivity contribution in [2.75, 3.05) is 23.8 Å². The van der Waals surface area contributed by atoms with Crippen LogP contribution in [0.15, 0.2) is 146 Å². The summed E-state index contributed by atoms with van der Waals surface area (Å²) in [5.74, 6) is 1.15. The van der Waals surface area contributed by atoms with Crippen LogP contribution in [-0.4, -0.2) is 25.0 Å². The average molecular weight is 701 g/mol. The van der Waals surface area contributed by atoms with Gasteiger partial charge in [-0.2, -0.15) is 0 Å². The van der Waals surface area contributed by atoms with E-state index in [1.807, 2.05) is 48.5 Å². The van der Waals surface area contributed by atoms with Crippen LogP contribution >= 0.6 is 0 Å². The maximum atomic E-state index is 13.2. The molecule has 6 aromatic rings. The van der Waals surface area contributed by atoms with Gasteiger partial charge >= 0.3 is 0 Å². The fourth-order valence-corrected chi connectivity index (χ4v) is 7.11. The highest BCUT2D eigenvalue weighted by atomic mass is 16.5. The largest absolute Gasteiger partial charge is 0.494 e. The number of hydrogen-bond donors (Lipinski definition) is 2. The van der Waals surface area contributed by atoms with Crippen molar-refractivity contribution in [1.82, 2.24) is 0 Å². The SMILES string of the molecule is CCCCOc1ccc(C(=O)Nc2ccc(C3(c4ccc(NC(=O)c5ccc(OCCCC)cc5)cc4)c4ccccc4-c4ccccc43)cc2)cc1. The second kappa shape index (κ2) is 16.0. The van der Waals surface area contributed by atoms with E-state index in [9.17, 15) is 9.59 Å². The lowest BCUT2D eigenvalue weighted by Gasteiger charge is -2.34. The molecule has 6 aromatic carbocycles. The lowest BCUT2D eigenvalue weighted by molar-refractivity contribution is 0.101. The maximum absolute atomic E-state index is 13.2. The minimum Gasteiger partial charge on any atom is -0.494 e. The molecule has 0 bridgehead atoms. The molecule has 0 spiro atoms. The van der Waals surface area contributed by atoms with E-state index in [1.165, 1.54) is 22.3 Å². The summed E-state index contributed by atoms with van der Waals surface area (Å²) in [5.41, 5.74) is 8.77. The summed E-state index contributed by atoms with van der Waals surface area (Å²) in [6.45, 7) is 5.58. The number of unbranched alkanes of at least 4 members (excludes halogenated alkanes) is 2. The monoisotopic (exact) mass is 700 g/mol. The number of hydrogen-bond acceptors (Lipinski definition) is 4. The van der Waals surface area contributed by atoms with Gasteiger partial charge in [-0.25, -0.2) is 0 Å². The van der Waals surface area contributed by atoms with E-state index in [1.54, 1.807) is 24.3 Å². The van der Waals surface area contributed by atoms with Gasteiger partial charge in [-0.15, -0.1) is 0 Å². The predicted octanol–water partition coefficient (Wildman–Crippen LogP) is 10.9. The lowest BCUT2D eigenvalue weighted by atomic mass is 9.67. The molecule has 0 fully saturated rings. The highest BCUT2D eigenvalue weighted by Crippen LogP contribution is 2.56. The molecule has 6 heteroatoms. The Morgan fingerprint density at radius 2 is 0.868 bits per heavy atom. The summed E-state index contributed by atoms with van der Waals surface area (Å²) >= 11 is 0. The zero-order chi connectivity index (χ0) is 36.6. The maximum Gasteiger partial charge on any atom is 0.255 e. The van der Waals surface area contributed by atoms with E-state index in [2.05, 4.69) is 97.3 Å². The van der Waals surface area contributed by atoms with Crippen molar-refractivity contribution in [2.24, 2.45) is 0 Å². The van der Waals surface area contributed by atoms with Crippen LogP contribution in [0.4, 0.5) is 11.4 Å². The van der Waals surface area contributed by atoms with E-state index < -0.39 is 5.41 Å². The van der Waals surface area contributed by atoms with Gasteiger partial charge in [0.1, 0.15) is 11.5 Å². The number of carbonyl (C=O) groups is 2. The van der Waals surface area contributed by atoms with Gasteiger partial charge in [0.15, 0.2) is 0 Å². The molecule has 0 atom stereocenters. The van der Waals surface area contributed by atoms with Crippen molar-refractivity contribution in [3.63, 3.8) is 0 Å². The molecule has 0 heterocycles. The Labute approximate surface area is 311 Å². The molecule has 6 nitrogen and oxygen atoms in total. The third kappa shape index (κ3) is 7.31. The molecule has 0 saturated carbocycles. The first-order valence-corrected chi connectivity index (χ1v) is 18.5. The van der Waals surface area contributed by atoms with Crippen molar-refractivity contribution < 1.29 is 19.1 Å². The van der Waals surface area contributed by atoms with Gasteiger partial charge in [-0.05, 0) is 119 Å². The van der Waals surface area contributed by atoms with Crippen LogP contribution < -0.4 is 20.1 Å². The first-order valence-electron chi connectivity index (χ1n) is 18.5. The third-order valence-electron chi connectivity index (χ3n) is 9.87. The molecular weight excluding hydrogens is 657 g/mol. The number of rotatable bonds is 14. The van der Waals surface area contributed by atoms with Gasteiger partial charge in [0, 0.05) is 22.5 Å². The standard InChI is InChI=1S/C47H44N2O4/c1-3-5-31-52-39-27-15-33(16-28-39)45(50)48-37-23-19-35(20-24-37)47(43-13-9-7-11-41(43)42-12-8-10-14-44(42)47)36-21-25-38(26-22-36)49-46(51)34-17-29-40(30-18-34)53-32-6-4-2/h7-30H,3-6,31-32H2,1-2H3,(H,48,50)(H,49,51). The smallest absolute Gasteiger partial charge is 0.255 e. The zero-order valence-electron chi connectivity index (χ0n) is 30.2. The number of amides is 2. The van der Waals surface area contributed by atoms with Crippen LogP contribution in [0.25, 0.3) is 11.1 Å². The van der Waals surface area contributed by atoms with Gasteiger partial charge in [-0.1, -0.05) is 99.5 Å². The zero-order valence-corrected chi connectivity index (χ0v) is 30.2. The number of anilines is 2. The summed E-state index contributed by atoms with van der Waals surface area (Å²) in [7, 11) is 0. The van der Waals surface area contributed by atoms with Crippen LogP contribution in [0, 0.1) is 0 Å². The molecule has 53 heavy (non-hydrogen) atoms. The topological polar surface area (TPSA) is 76.7 Å². The lowest BCUT2D eigenvalue weighted by Crippen LogP contribution is -2.28. The van der Waals surface area contributed by atoms with Crippen molar-refractivity contribution in [1.29, 1.82) is 0 Å². The molecule has 2 amide bonds. The molecule has 0 unspecified atom stereocenters. The molecule has 266 valence electrons. The minimum absolute atomic E-state index is 0.182. The molecule has 2 N–H and O–H groups in total. The second-order valence-electron chi connectivity index (χ2n) is 13.4. The Hall–Kier alpha value is -6.14. The van der Waals surface area contributed by atoms with E-state index in [0.29, 0.717) is 35.7 Å². The first kappa shape index (κ1) is 35.3. The summed E-state index contributed by atoms with van der Waals surface area (Å²) in [6.07, 6.45) is 4.12. The van der Waals surface area contributed by atoms with Crippen molar-refractivity contribution in [3.8, 4) is 22.6 Å². The predicted molar refractivity (Wildman–Crippen MR) is 213 cm³/mol. The Morgan fingerprint density at radius 1 is 0.491 bits per heavy atom. The van der Waals surface area contributed by atoms with Gasteiger partial charge in [-0.3, -0.25) is 9.59 Å². The molecule has 0 saturated heterocycles. The molecule has 7 rings (SSSR count). The number of carbonyl (C=O) groups excluding carboxylic acids is 2. The van der Waals surface area contributed by atoms with E-state index in [4.69, 9.17) is 9.47 Å². The second-order valence-corrected chi connectivity index (χ2v) is 13.4. The number of benzene rings is 6. The van der Waals surface area contributed by atoms with E-state index in [0.717, 1.165) is 48.3 Å². The normalized spacial score (nSPS) is 12.3. The Balaban J connectivity index is 1.16. The number of ether oxygens (including phenoxy) is 2. The van der Waals surface area contributed by atoms with Gasteiger partial charge in [0.25, 0.3) is 11.8 Å². The molecular formula is C47H44N2O4. The van der Waals surface area contributed by atoms with Crippen LogP contribution in [-0.2, 0) is 5.41 Å². The van der Waals surface area contributed by atoms with Crippen molar-refractivity contribution in [3.05, 3.63) is 179 Å². The summed E-state index contributed by atoms with van der Waals surface area (Å²) < 4.78 is 11.5. The van der Waals surface area contributed by atoms with Crippen molar-refractivity contribution >= 4 is 23.2 Å². The highest BCUT2D eigenvalue weighted by Gasteiger charge is 2.45. The minimum atomic E-state index is -0.626. The van der Waals surface area contributed by atoms with Gasteiger partial charge < -0.3 is 20.1 Å².